The first-order valence-corrected chi connectivity index (χ1v) is 9.90. The van der Waals surface area contributed by atoms with Crippen molar-refractivity contribution < 1.29 is 14.7 Å². The summed E-state index contributed by atoms with van der Waals surface area (Å²) >= 11 is 0. The topological polar surface area (TPSA) is 69.6 Å². The highest BCUT2D eigenvalue weighted by molar-refractivity contribution is 5.88. The molecule has 1 saturated carbocycles. The standard InChI is InChI=1S/C22H28N2O3/c1-14-9-15(2)11-17(10-14)16-3-7-24(8-4-16)20(25)19-18(21(26)27)12-22(5-6-22)13-23-19/h3,9-11,18-19,23H,4-8,12-13H2,1-2H3,(H,26,27). The van der Waals surface area contributed by atoms with Crippen LogP contribution in [0.2, 0.25) is 0 Å². The molecule has 2 fully saturated rings. The Balaban J connectivity index is 1.46. The molecule has 1 aromatic rings. The third kappa shape index (κ3) is 3.65. The lowest BCUT2D eigenvalue weighted by Gasteiger charge is -2.38. The van der Waals surface area contributed by atoms with Gasteiger partial charge in [-0.3, -0.25) is 9.59 Å². The van der Waals surface area contributed by atoms with E-state index < -0.39 is 17.9 Å². The van der Waals surface area contributed by atoms with E-state index in [0.29, 0.717) is 19.5 Å². The summed E-state index contributed by atoms with van der Waals surface area (Å²) in [5, 5.41) is 12.9. The summed E-state index contributed by atoms with van der Waals surface area (Å²) in [6.07, 6.45) is 5.72. The molecule has 1 spiro atoms. The monoisotopic (exact) mass is 368 g/mol. The number of piperidine rings is 1. The Morgan fingerprint density at radius 2 is 1.89 bits per heavy atom. The number of carboxylic acid groups (broad SMARTS) is 1. The van der Waals surface area contributed by atoms with Crippen molar-refractivity contribution in [2.24, 2.45) is 11.3 Å². The highest BCUT2D eigenvalue weighted by atomic mass is 16.4. The molecule has 4 rings (SSSR count). The Kier molecular flexibility index (Phi) is 4.58. The van der Waals surface area contributed by atoms with Gasteiger partial charge in [0.25, 0.3) is 0 Å². The van der Waals surface area contributed by atoms with Gasteiger partial charge in [-0.05, 0) is 56.1 Å². The van der Waals surface area contributed by atoms with Crippen LogP contribution in [0, 0.1) is 25.2 Å². The summed E-state index contributed by atoms with van der Waals surface area (Å²) in [4.78, 5) is 26.6. The van der Waals surface area contributed by atoms with Gasteiger partial charge in [-0.1, -0.05) is 35.4 Å². The Bertz CT molecular complexity index is 790. The molecule has 5 nitrogen and oxygen atoms in total. The minimum atomic E-state index is -0.852. The van der Waals surface area contributed by atoms with Gasteiger partial charge < -0.3 is 15.3 Å². The van der Waals surface area contributed by atoms with Crippen molar-refractivity contribution in [3.05, 3.63) is 41.0 Å². The van der Waals surface area contributed by atoms with E-state index in [-0.39, 0.29) is 11.3 Å². The molecule has 1 amide bonds. The molecular weight excluding hydrogens is 340 g/mol. The molecule has 0 aromatic heterocycles. The van der Waals surface area contributed by atoms with Crippen LogP contribution >= 0.6 is 0 Å². The second kappa shape index (κ2) is 6.79. The fourth-order valence-electron chi connectivity index (χ4n) is 4.66. The number of hydrogen-bond acceptors (Lipinski definition) is 3. The lowest BCUT2D eigenvalue weighted by atomic mass is 9.81. The maximum Gasteiger partial charge on any atom is 0.308 e. The molecule has 3 aliphatic rings. The first-order chi connectivity index (χ1) is 12.9. The van der Waals surface area contributed by atoms with E-state index in [9.17, 15) is 14.7 Å². The maximum absolute atomic E-state index is 13.0. The van der Waals surface area contributed by atoms with Gasteiger partial charge in [0.15, 0.2) is 0 Å². The number of carboxylic acids is 1. The third-order valence-electron chi connectivity index (χ3n) is 6.41. The predicted molar refractivity (Wildman–Crippen MR) is 104 cm³/mol. The SMILES string of the molecule is Cc1cc(C)cc(C2=CCN(C(=O)C3NCC4(CC4)CC3C(=O)O)CC2)c1. The molecule has 2 N–H and O–H groups in total. The summed E-state index contributed by atoms with van der Waals surface area (Å²) in [6, 6.07) is 5.95. The van der Waals surface area contributed by atoms with E-state index in [1.54, 1.807) is 0 Å². The first kappa shape index (κ1) is 18.2. The molecule has 1 aliphatic carbocycles. The zero-order chi connectivity index (χ0) is 19.2. The highest BCUT2D eigenvalue weighted by Gasteiger charge is 2.52. The van der Waals surface area contributed by atoms with Crippen LogP contribution in [0.3, 0.4) is 0 Å². The smallest absolute Gasteiger partial charge is 0.308 e. The average molecular weight is 368 g/mol. The van der Waals surface area contributed by atoms with E-state index in [0.717, 1.165) is 25.8 Å². The van der Waals surface area contributed by atoms with Gasteiger partial charge in [-0.15, -0.1) is 0 Å². The van der Waals surface area contributed by atoms with Gasteiger partial charge in [0.05, 0.1) is 5.92 Å². The second-order valence-electron chi connectivity index (χ2n) is 8.65. The normalized spacial score (nSPS) is 26.6. The van der Waals surface area contributed by atoms with Crippen LogP contribution in [0.4, 0.5) is 0 Å². The van der Waals surface area contributed by atoms with Gasteiger partial charge in [-0.25, -0.2) is 0 Å². The lowest BCUT2D eigenvalue weighted by molar-refractivity contribution is -0.150. The van der Waals surface area contributed by atoms with Crippen LogP contribution in [0.5, 0.6) is 0 Å². The van der Waals surface area contributed by atoms with Gasteiger partial charge in [-0.2, -0.15) is 0 Å². The predicted octanol–water partition coefficient (Wildman–Crippen LogP) is 2.76. The van der Waals surface area contributed by atoms with Crippen LogP contribution in [-0.2, 0) is 9.59 Å². The zero-order valence-corrected chi connectivity index (χ0v) is 16.1. The molecular formula is C22H28N2O3. The number of nitrogens with one attached hydrogen (secondary N) is 1. The Hall–Kier alpha value is -2.14. The first-order valence-electron chi connectivity index (χ1n) is 9.90. The van der Waals surface area contributed by atoms with Crippen molar-refractivity contribution in [2.75, 3.05) is 19.6 Å². The average Bonchev–Trinajstić information content (AvgIpc) is 3.39. The number of nitrogens with zero attached hydrogens (tertiary/aromatic N) is 1. The Morgan fingerprint density at radius 1 is 1.19 bits per heavy atom. The van der Waals surface area contributed by atoms with Crippen LogP contribution in [0.15, 0.2) is 24.3 Å². The van der Waals surface area contributed by atoms with Crippen LogP contribution < -0.4 is 5.32 Å². The second-order valence-corrected chi connectivity index (χ2v) is 8.65. The fourth-order valence-corrected chi connectivity index (χ4v) is 4.66. The minimum absolute atomic E-state index is 0.0615. The molecule has 2 unspecified atom stereocenters. The molecule has 144 valence electrons. The van der Waals surface area contributed by atoms with E-state index in [1.807, 2.05) is 4.90 Å². The lowest BCUT2D eigenvalue weighted by Crippen LogP contribution is -2.57. The number of aryl methyl sites for hydroxylation is 2. The molecule has 5 heteroatoms. The van der Waals surface area contributed by atoms with E-state index in [4.69, 9.17) is 0 Å². The summed E-state index contributed by atoms with van der Waals surface area (Å²) < 4.78 is 0. The molecule has 27 heavy (non-hydrogen) atoms. The van der Waals surface area contributed by atoms with Gasteiger partial charge in [0.1, 0.15) is 6.04 Å². The van der Waals surface area contributed by atoms with Crippen molar-refractivity contribution >= 4 is 17.4 Å². The van der Waals surface area contributed by atoms with Crippen molar-refractivity contribution in [3.8, 4) is 0 Å². The minimum Gasteiger partial charge on any atom is -0.481 e. The van der Waals surface area contributed by atoms with E-state index in [2.05, 4.69) is 43.4 Å². The molecule has 2 aliphatic heterocycles. The summed E-state index contributed by atoms with van der Waals surface area (Å²) in [6.45, 7) is 6.17. The zero-order valence-electron chi connectivity index (χ0n) is 16.1. The Morgan fingerprint density at radius 3 is 2.44 bits per heavy atom. The molecule has 1 aromatic carbocycles. The third-order valence-corrected chi connectivity index (χ3v) is 6.41. The molecule has 1 saturated heterocycles. The molecule has 2 atom stereocenters. The van der Waals surface area contributed by atoms with Crippen LogP contribution in [0.25, 0.3) is 5.57 Å². The molecule has 0 bridgehead atoms. The van der Waals surface area contributed by atoms with E-state index >= 15 is 0 Å². The fraction of sp³-hybridized carbons (Fsp3) is 0.545. The quantitative estimate of drug-likeness (QED) is 0.861. The van der Waals surface area contributed by atoms with Crippen molar-refractivity contribution in [1.29, 1.82) is 0 Å². The summed E-state index contributed by atoms with van der Waals surface area (Å²) in [5.74, 6) is -1.53. The summed E-state index contributed by atoms with van der Waals surface area (Å²) in [7, 11) is 0. The highest BCUT2D eigenvalue weighted by Crippen LogP contribution is 2.52. The number of carbonyl (C=O) groups excluding carboxylic acids is 1. The summed E-state index contributed by atoms with van der Waals surface area (Å²) in [5.41, 5.74) is 5.13. The number of amides is 1. The largest absolute Gasteiger partial charge is 0.481 e. The maximum atomic E-state index is 13.0. The molecule has 0 radical (unpaired) electrons. The van der Waals surface area contributed by atoms with Crippen molar-refractivity contribution in [3.63, 3.8) is 0 Å². The van der Waals surface area contributed by atoms with Gasteiger partial charge in [0, 0.05) is 19.6 Å². The van der Waals surface area contributed by atoms with Crippen LogP contribution in [0.1, 0.15) is 42.4 Å². The van der Waals surface area contributed by atoms with Gasteiger partial charge in [0.2, 0.25) is 5.91 Å². The molecule has 2 heterocycles. The number of carbonyl (C=O) groups is 2. The van der Waals surface area contributed by atoms with Crippen molar-refractivity contribution in [1.82, 2.24) is 10.2 Å². The number of aliphatic carboxylic acids is 1. The van der Waals surface area contributed by atoms with Crippen molar-refractivity contribution in [2.45, 2.75) is 45.6 Å². The van der Waals surface area contributed by atoms with Gasteiger partial charge >= 0.3 is 5.97 Å². The number of rotatable bonds is 3. The Labute approximate surface area is 160 Å². The number of hydrogen-bond donors (Lipinski definition) is 2. The van der Waals surface area contributed by atoms with E-state index in [1.165, 1.54) is 22.3 Å². The number of benzene rings is 1. The van der Waals surface area contributed by atoms with Crippen LogP contribution in [-0.4, -0.2) is 47.6 Å².